The lowest BCUT2D eigenvalue weighted by atomic mass is 9.98. The molecule has 0 amide bonds. The number of benzene rings is 1. The third kappa shape index (κ3) is 3.88. The third-order valence-electron chi connectivity index (χ3n) is 3.54. The molecule has 0 aliphatic carbocycles. The van der Waals surface area contributed by atoms with Crippen LogP contribution in [-0.2, 0) is 18.2 Å². The van der Waals surface area contributed by atoms with E-state index in [2.05, 4.69) is 0 Å². The molecule has 0 saturated heterocycles. The number of aromatic nitrogens is 1. The van der Waals surface area contributed by atoms with Gasteiger partial charge in [-0.25, -0.2) is 8.78 Å². The van der Waals surface area contributed by atoms with Crippen molar-refractivity contribution in [2.45, 2.75) is 13.3 Å². The number of nitrogens with zero attached hydrogens (tertiary/aromatic N) is 1. The van der Waals surface area contributed by atoms with Crippen LogP contribution < -0.4 is 5.56 Å². The predicted molar refractivity (Wildman–Crippen MR) is 86.7 cm³/mol. The van der Waals surface area contributed by atoms with Gasteiger partial charge < -0.3 is 9.30 Å². The quantitative estimate of drug-likeness (QED) is 0.748. The van der Waals surface area contributed by atoms with Gasteiger partial charge in [0.05, 0.1) is 0 Å². The second-order valence-corrected chi connectivity index (χ2v) is 5.66. The smallest absolute Gasteiger partial charge is 0.286 e. The fourth-order valence-corrected chi connectivity index (χ4v) is 2.43. The van der Waals surface area contributed by atoms with E-state index in [1.54, 1.807) is 6.92 Å². The highest BCUT2D eigenvalue weighted by atomic mass is 35.5. The maximum atomic E-state index is 14.4. The van der Waals surface area contributed by atoms with Crippen LogP contribution in [0.3, 0.4) is 0 Å². The minimum absolute atomic E-state index is 0.00241. The molecule has 24 heavy (non-hydrogen) atoms. The molecule has 1 aromatic heterocycles. The van der Waals surface area contributed by atoms with E-state index in [1.807, 2.05) is 0 Å². The lowest BCUT2D eigenvalue weighted by Gasteiger charge is -2.12. The standard InChI is InChI=1S/C17H16ClF2NO3/c1-3-24-9-15(22)13-8-21(2)17(23)16(20)12(13)6-10-4-5-11(18)7-14(10)19/h4-5,7-8H,3,6,9H2,1-2H3. The SMILES string of the molecule is CCOCC(=O)c1cn(C)c(=O)c(F)c1Cc1ccc(Cl)cc1F. The number of carbonyl (C=O) groups excluding carboxylic acids is 1. The molecule has 0 N–H and O–H groups in total. The molecule has 0 unspecified atom stereocenters. The first kappa shape index (κ1) is 18.3. The molecular formula is C17H16ClF2NO3. The number of aryl methyl sites for hydroxylation is 1. The zero-order valence-electron chi connectivity index (χ0n) is 13.2. The van der Waals surface area contributed by atoms with Gasteiger partial charge in [0, 0.05) is 42.4 Å². The minimum Gasteiger partial charge on any atom is -0.374 e. The van der Waals surface area contributed by atoms with Crippen molar-refractivity contribution in [3.05, 3.63) is 68.1 Å². The van der Waals surface area contributed by atoms with E-state index >= 15 is 0 Å². The molecule has 0 aliphatic heterocycles. The van der Waals surface area contributed by atoms with E-state index in [-0.39, 0.29) is 34.7 Å². The first-order valence-corrected chi connectivity index (χ1v) is 7.65. The second-order valence-electron chi connectivity index (χ2n) is 5.22. The average Bonchev–Trinajstić information content (AvgIpc) is 2.54. The van der Waals surface area contributed by atoms with Crippen LogP contribution in [0.4, 0.5) is 8.78 Å². The number of ether oxygens (including phenoxy) is 1. The molecule has 0 saturated carbocycles. The topological polar surface area (TPSA) is 48.3 Å². The van der Waals surface area contributed by atoms with Crippen molar-refractivity contribution in [2.75, 3.05) is 13.2 Å². The Morgan fingerprint density at radius 2 is 2.04 bits per heavy atom. The van der Waals surface area contributed by atoms with Gasteiger partial charge in [0.2, 0.25) is 0 Å². The van der Waals surface area contributed by atoms with Crippen LogP contribution in [0.1, 0.15) is 28.4 Å². The predicted octanol–water partition coefficient (Wildman–Crippen LogP) is 3.13. The Morgan fingerprint density at radius 1 is 1.33 bits per heavy atom. The minimum atomic E-state index is -1.07. The summed E-state index contributed by atoms with van der Waals surface area (Å²) < 4.78 is 34.4. The first-order chi connectivity index (χ1) is 11.3. The van der Waals surface area contributed by atoms with Crippen LogP contribution in [0.25, 0.3) is 0 Å². The van der Waals surface area contributed by atoms with Crippen LogP contribution in [0.15, 0.2) is 29.2 Å². The molecule has 128 valence electrons. The Balaban J connectivity index is 2.52. The molecule has 0 aliphatic rings. The van der Waals surface area contributed by atoms with E-state index in [1.165, 1.54) is 25.4 Å². The zero-order valence-corrected chi connectivity index (χ0v) is 14.0. The molecule has 2 rings (SSSR count). The summed E-state index contributed by atoms with van der Waals surface area (Å²) in [5, 5.41) is 0.202. The van der Waals surface area contributed by atoms with Gasteiger partial charge in [0.1, 0.15) is 12.4 Å². The van der Waals surface area contributed by atoms with Crippen molar-refractivity contribution in [2.24, 2.45) is 7.05 Å². The van der Waals surface area contributed by atoms with Gasteiger partial charge in [-0.05, 0) is 24.6 Å². The van der Waals surface area contributed by atoms with E-state index in [0.717, 1.165) is 10.6 Å². The van der Waals surface area contributed by atoms with Crippen LogP contribution >= 0.6 is 11.6 Å². The van der Waals surface area contributed by atoms with Crippen molar-refractivity contribution >= 4 is 17.4 Å². The summed E-state index contributed by atoms with van der Waals surface area (Å²) >= 11 is 5.70. The Bertz CT molecular complexity index is 833. The van der Waals surface area contributed by atoms with Crippen LogP contribution in [0.5, 0.6) is 0 Å². The van der Waals surface area contributed by atoms with Crippen molar-refractivity contribution in [1.82, 2.24) is 4.57 Å². The van der Waals surface area contributed by atoms with Gasteiger partial charge in [-0.15, -0.1) is 0 Å². The largest absolute Gasteiger partial charge is 0.374 e. The monoisotopic (exact) mass is 355 g/mol. The lowest BCUT2D eigenvalue weighted by Crippen LogP contribution is -2.26. The summed E-state index contributed by atoms with van der Waals surface area (Å²) in [6.45, 7) is 1.80. The van der Waals surface area contributed by atoms with Crippen molar-refractivity contribution in [3.63, 3.8) is 0 Å². The van der Waals surface area contributed by atoms with Gasteiger partial charge in [0.25, 0.3) is 5.56 Å². The highest BCUT2D eigenvalue weighted by Gasteiger charge is 2.21. The fraction of sp³-hybridized carbons (Fsp3) is 0.294. The van der Waals surface area contributed by atoms with Crippen molar-refractivity contribution < 1.29 is 18.3 Å². The number of Topliss-reactive ketones (excluding diaryl/α,β-unsaturated/α-hetero) is 1. The first-order valence-electron chi connectivity index (χ1n) is 7.28. The Labute approximate surface area is 142 Å². The Hall–Kier alpha value is -2.05. The van der Waals surface area contributed by atoms with Crippen molar-refractivity contribution in [1.29, 1.82) is 0 Å². The van der Waals surface area contributed by atoms with Crippen LogP contribution in [0.2, 0.25) is 5.02 Å². The van der Waals surface area contributed by atoms with Crippen LogP contribution in [0, 0.1) is 11.6 Å². The van der Waals surface area contributed by atoms with E-state index in [4.69, 9.17) is 16.3 Å². The lowest BCUT2D eigenvalue weighted by molar-refractivity contribution is 0.0781. The normalized spacial score (nSPS) is 10.9. The van der Waals surface area contributed by atoms with E-state index < -0.39 is 23.0 Å². The summed E-state index contributed by atoms with van der Waals surface area (Å²) in [6.07, 6.45) is 1.01. The molecule has 0 spiro atoms. The molecule has 2 aromatic rings. The van der Waals surface area contributed by atoms with Gasteiger partial charge in [-0.3, -0.25) is 9.59 Å². The zero-order chi connectivity index (χ0) is 17.9. The third-order valence-corrected chi connectivity index (χ3v) is 3.78. The van der Waals surface area contributed by atoms with Gasteiger partial charge >= 0.3 is 0 Å². The maximum absolute atomic E-state index is 14.4. The summed E-state index contributed by atoms with van der Waals surface area (Å²) in [5.74, 6) is -2.18. The number of carbonyl (C=O) groups is 1. The van der Waals surface area contributed by atoms with E-state index in [9.17, 15) is 18.4 Å². The molecule has 1 aromatic carbocycles. The Kier molecular flexibility index (Phi) is 5.85. The highest BCUT2D eigenvalue weighted by molar-refractivity contribution is 6.30. The number of hydrogen-bond donors (Lipinski definition) is 0. The molecule has 0 bridgehead atoms. The molecule has 4 nitrogen and oxygen atoms in total. The van der Waals surface area contributed by atoms with Gasteiger partial charge in [-0.1, -0.05) is 17.7 Å². The Morgan fingerprint density at radius 3 is 2.67 bits per heavy atom. The molecule has 0 atom stereocenters. The maximum Gasteiger partial charge on any atom is 0.286 e. The summed E-state index contributed by atoms with van der Waals surface area (Å²) in [6, 6.07) is 3.95. The van der Waals surface area contributed by atoms with Gasteiger partial charge in [0.15, 0.2) is 11.6 Å². The van der Waals surface area contributed by atoms with Crippen molar-refractivity contribution in [3.8, 4) is 0 Å². The molecule has 7 heteroatoms. The summed E-state index contributed by atoms with van der Waals surface area (Å²) in [5.41, 5.74) is -0.897. The van der Waals surface area contributed by atoms with Crippen LogP contribution in [-0.4, -0.2) is 23.6 Å². The average molecular weight is 356 g/mol. The number of hydrogen-bond acceptors (Lipinski definition) is 3. The summed E-state index contributed by atoms with van der Waals surface area (Å²) in [7, 11) is 1.34. The highest BCUT2D eigenvalue weighted by Crippen LogP contribution is 2.21. The molecule has 1 heterocycles. The molecule has 0 radical (unpaired) electrons. The van der Waals surface area contributed by atoms with E-state index in [0.29, 0.717) is 6.61 Å². The number of halogens is 3. The summed E-state index contributed by atoms with van der Waals surface area (Å²) in [4.78, 5) is 24.1. The number of ketones is 1. The van der Waals surface area contributed by atoms with Gasteiger partial charge in [-0.2, -0.15) is 0 Å². The number of pyridine rings is 1. The fourth-order valence-electron chi connectivity index (χ4n) is 2.27. The second kappa shape index (κ2) is 7.68. The molecule has 0 fully saturated rings. The molecular weight excluding hydrogens is 340 g/mol. The number of rotatable bonds is 6.